The van der Waals surface area contributed by atoms with Gasteiger partial charge in [-0.3, -0.25) is 29.3 Å². The summed E-state index contributed by atoms with van der Waals surface area (Å²) in [5.41, 5.74) is -11.9. The van der Waals surface area contributed by atoms with Crippen molar-refractivity contribution in [1.29, 1.82) is 0 Å². The summed E-state index contributed by atoms with van der Waals surface area (Å²) < 4.78 is 10.2. The van der Waals surface area contributed by atoms with E-state index in [9.17, 15) is 54.8 Å². The second kappa shape index (κ2) is 8.57. The van der Waals surface area contributed by atoms with Crippen molar-refractivity contribution in [1.82, 2.24) is 0 Å². The Balaban J connectivity index is 2.88. The van der Waals surface area contributed by atoms with Gasteiger partial charge in [0, 0.05) is 12.1 Å². The number of nitrogens with zero attached hydrogens (tertiary/aromatic N) is 1. The Morgan fingerprint density at radius 1 is 0.941 bits per heavy atom. The molecule has 14 heteroatoms. The van der Waals surface area contributed by atoms with Crippen LogP contribution in [-0.4, -0.2) is 88.6 Å². The van der Waals surface area contributed by atoms with E-state index in [-0.39, 0.29) is 0 Å². The Hall–Kier alpha value is -3.14. The molecule has 0 saturated carbocycles. The van der Waals surface area contributed by atoms with E-state index in [1.54, 1.807) is 0 Å². The van der Waals surface area contributed by atoms with Crippen molar-refractivity contribution in [3.8, 4) is 5.75 Å². The minimum Gasteiger partial charge on any atom is -0.437 e. The molecule has 6 atom stereocenters. The fourth-order valence-corrected chi connectivity index (χ4v) is 3.91. The van der Waals surface area contributed by atoms with Gasteiger partial charge in [-0.2, -0.15) is 0 Å². The van der Waals surface area contributed by atoms with Gasteiger partial charge in [-0.15, -0.1) is 0 Å². The predicted octanol–water partition coefficient (Wildman–Crippen LogP) is -2.07. The predicted molar refractivity (Wildman–Crippen MR) is 107 cm³/mol. The van der Waals surface area contributed by atoms with Crippen LogP contribution >= 0.6 is 0 Å². The highest BCUT2D eigenvalue weighted by molar-refractivity contribution is 6.06. The maximum atomic E-state index is 12.6. The van der Waals surface area contributed by atoms with Crippen LogP contribution in [0.25, 0.3) is 0 Å². The lowest BCUT2D eigenvalue weighted by Gasteiger charge is -2.59. The first-order chi connectivity index (χ1) is 15.4. The standard InChI is InChI=1S/C20H23NO13/c1-9(22)15(26)16-17(27,10(2)23)18(28,11(3)24)19(29,12(4)25)20(30,34-16)33-14-7-5-13(6-8-14)21(31)32/h5-8,15-16,26-30H,1-4H3/t15?,16-,17+,18+,19-,20+/m1/s1. The number of nitro groups is 1. The maximum Gasteiger partial charge on any atom is 0.366 e. The number of aliphatic hydroxyl groups is 5. The van der Waals surface area contributed by atoms with Crippen molar-refractivity contribution in [2.24, 2.45) is 0 Å². The minimum atomic E-state index is -3.93. The number of hydrogen-bond donors (Lipinski definition) is 5. The lowest BCUT2D eigenvalue weighted by molar-refractivity contribution is -0.468. The molecule has 1 fully saturated rings. The summed E-state index contributed by atoms with van der Waals surface area (Å²) in [6.45, 7) is 2.50. The maximum absolute atomic E-state index is 12.6. The molecule has 0 bridgehead atoms. The van der Waals surface area contributed by atoms with E-state index in [4.69, 9.17) is 9.47 Å². The average Bonchev–Trinajstić information content (AvgIpc) is 2.74. The first-order valence-corrected chi connectivity index (χ1v) is 9.64. The van der Waals surface area contributed by atoms with E-state index in [1.807, 2.05) is 0 Å². The Bertz CT molecular complexity index is 1060. The fourth-order valence-electron chi connectivity index (χ4n) is 3.91. The van der Waals surface area contributed by atoms with Crippen LogP contribution in [0, 0.1) is 10.1 Å². The summed E-state index contributed by atoms with van der Waals surface area (Å²) >= 11 is 0. The summed E-state index contributed by atoms with van der Waals surface area (Å²) in [7, 11) is 0. The van der Waals surface area contributed by atoms with E-state index in [0.29, 0.717) is 20.8 Å². The lowest BCUT2D eigenvalue weighted by atomic mass is 9.59. The zero-order valence-corrected chi connectivity index (χ0v) is 18.4. The van der Waals surface area contributed by atoms with Crippen molar-refractivity contribution in [3.05, 3.63) is 34.4 Å². The molecule has 0 amide bonds. The van der Waals surface area contributed by atoms with Gasteiger partial charge in [-0.25, -0.2) is 0 Å². The summed E-state index contributed by atoms with van der Waals surface area (Å²) in [5, 5.41) is 66.2. The normalized spacial score (nSPS) is 34.1. The molecule has 1 saturated heterocycles. The van der Waals surface area contributed by atoms with Crippen LogP contribution in [-0.2, 0) is 23.9 Å². The Kier molecular flexibility index (Phi) is 6.84. The van der Waals surface area contributed by atoms with Gasteiger partial charge in [0.15, 0.2) is 28.7 Å². The quantitative estimate of drug-likeness (QED) is 0.151. The van der Waals surface area contributed by atoms with Crippen LogP contribution < -0.4 is 4.74 Å². The molecule has 0 aliphatic carbocycles. The molecule has 1 aromatic carbocycles. The second-order valence-corrected chi connectivity index (χ2v) is 7.88. The van der Waals surface area contributed by atoms with E-state index < -0.39 is 74.5 Å². The number of ketones is 4. The smallest absolute Gasteiger partial charge is 0.366 e. The molecule has 1 aromatic rings. The molecule has 0 aromatic heterocycles. The van der Waals surface area contributed by atoms with Crippen molar-refractivity contribution >= 4 is 28.8 Å². The topological polar surface area (TPSA) is 231 Å². The van der Waals surface area contributed by atoms with Crippen molar-refractivity contribution < 1.29 is 59.1 Å². The van der Waals surface area contributed by atoms with Crippen LogP contribution in [0.4, 0.5) is 5.69 Å². The lowest BCUT2D eigenvalue weighted by Crippen LogP contribution is -2.91. The highest BCUT2D eigenvalue weighted by atomic mass is 16.8. The van der Waals surface area contributed by atoms with Crippen LogP contribution in [0.15, 0.2) is 24.3 Å². The number of carbonyl (C=O) groups is 4. The number of carbonyl (C=O) groups excluding carboxylic acids is 4. The third-order valence-electron chi connectivity index (χ3n) is 5.79. The Labute approximate surface area is 191 Å². The molecule has 0 radical (unpaired) electrons. The average molecular weight is 485 g/mol. The Morgan fingerprint density at radius 3 is 1.76 bits per heavy atom. The van der Waals surface area contributed by atoms with Gasteiger partial charge in [-0.1, -0.05) is 0 Å². The van der Waals surface area contributed by atoms with E-state index in [1.165, 1.54) is 0 Å². The zero-order valence-electron chi connectivity index (χ0n) is 18.4. The molecular formula is C20H23NO13. The number of Topliss-reactive ketones (excluding diaryl/α,β-unsaturated/α-hetero) is 4. The largest absolute Gasteiger partial charge is 0.437 e. The van der Waals surface area contributed by atoms with Crippen molar-refractivity contribution in [3.63, 3.8) is 0 Å². The van der Waals surface area contributed by atoms with Gasteiger partial charge in [0.2, 0.25) is 5.60 Å². The monoisotopic (exact) mass is 485 g/mol. The molecule has 34 heavy (non-hydrogen) atoms. The zero-order chi connectivity index (χ0) is 26.4. The van der Waals surface area contributed by atoms with Crippen LogP contribution in [0.3, 0.4) is 0 Å². The summed E-state index contributed by atoms with van der Waals surface area (Å²) in [5.74, 6) is -10.3. The number of hydrogen-bond acceptors (Lipinski definition) is 13. The molecule has 2 rings (SSSR count). The van der Waals surface area contributed by atoms with E-state index >= 15 is 0 Å². The van der Waals surface area contributed by atoms with E-state index in [2.05, 4.69) is 0 Å². The molecule has 1 aliphatic rings. The summed E-state index contributed by atoms with van der Waals surface area (Å²) in [6, 6.07) is 3.54. The Morgan fingerprint density at radius 2 is 1.41 bits per heavy atom. The van der Waals surface area contributed by atoms with Gasteiger partial charge in [0.05, 0.1) is 4.92 Å². The third kappa shape index (κ3) is 3.51. The van der Waals surface area contributed by atoms with Gasteiger partial charge in [0.25, 0.3) is 11.3 Å². The highest BCUT2D eigenvalue weighted by Crippen LogP contribution is 2.51. The molecular weight excluding hydrogens is 462 g/mol. The number of benzene rings is 1. The first-order valence-electron chi connectivity index (χ1n) is 9.64. The van der Waals surface area contributed by atoms with Gasteiger partial charge >= 0.3 is 5.97 Å². The third-order valence-corrected chi connectivity index (χ3v) is 5.79. The number of non-ortho nitro benzene ring substituents is 1. The van der Waals surface area contributed by atoms with Crippen LogP contribution in [0.2, 0.25) is 0 Å². The molecule has 14 nitrogen and oxygen atoms in total. The minimum absolute atomic E-state index is 0.429. The molecule has 1 aliphatic heterocycles. The number of ether oxygens (including phenoxy) is 2. The molecule has 1 heterocycles. The van der Waals surface area contributed by atoms with Crippen molar-refractivity contribution in [2.75, 3.05) is 0 Å². The van der Waals surface area contributed by atoms with E-state index in [0.717, 1.165) is 31.2 Å². The van der Waals surface area contributed by atoms with Crippen molar-refractivity contribution in [2.45, 2.75) is 62.7 Å². The number of nitro benzene ring substituents is 1. The first kappa shape index (κ1) is 27.1. The highest BCUT2D eigenvalue weighted by Gasteiger charge is 2.85. The SMILES string of the molecule is CC(=O)C(O)[C@H]1O[C@@](O)(Oc2ccc([N+](=O)[O-])cc2)[C@@](O)(C(C)=O)[C@](O)(C(C)=O)[C@]1(O)C(C)=O. The fraction of sp³-hybridized carbons (Fsp3) is 0.500. The molecule has 1 unspecified atom stereocenters. The van der Waals surface area contributed by atoms with Crippen LogP contribution in [0.5, 0.6) is 5.75 Å². The molecule has 186 valence electrons. The van der Waals surface area contributed by atoms with Gasteiger partial charge in [-0.05, 0) is 39.8 Å². The van der Waals surface area contributed by atoms with Crippen LogP contribution in [0.1, 0.15) is 27.7 Å². The summed E-state index contributed by atoms with van der Waals surface area (Å²) in [6.07, 6.45) is -5.12. The molecule has 5 N–H and O–H groups in total. The number of rotatable bonds is 8. The summed E-state index contributed by atoms with van der Waals surface area (Å²) in [4.78, 5) is 59.6. The second-order valence-electron chi connectivity index (χ2n) is 7.88. The van der Waals surface area contributed by atoms with Gasteiger partial charge in [0.1, 0.15) is 18.0 Å². The molecule has 0 spiro atoms. The number of aliphatic hydroxyl groups excluding tert-OH is 1. The van der Waals surface area contributed by atoms with Gasteiger partial charge < -0.3 is 35.0 Å².